The molecule has 1 amide bonds. The molecule has 9 heteroatoms. The maximum Gasteiger partial charge on any atom is 0.251 e. The maximum atomic E-state index is 12.4. The highest BCUT2D eigenvalue weighted by Crippen LogP contribution is 2.24. The molecular formula is C22H30N6O2S. The van der Waals surface area contributed by atoms with Crippen molar-refractivity contribution in [3.8, 4) is 0 Å². The number of hydrogen-bond acceptors (Lipinski definition) is 7. The molecule has 0 spiro atoms. The molecular weight excluding hydrogens is 412 g/mol. The number of amides is 1. The van der Waals surface area contributed by atoms with E-state index in [0.717, 1.165) is 39.7 Å². The number of rotatable bonds is 12. The number of carbonyl (C=O) groups excluding carboxylic acids is 1. The molecule has 2 heterocycles. The van der Waals surface area contributed by atoms with Crippen LogP contribution in [0.3, 0.4) is 0 Å². The third-order valence-electron chi connectivity index (χ3n) is 4.58. The summed E-state index contributed by atoms with van der Waals surface area (Å²) in [6.45, 7) is 9.04. The van der Waals surface area contributed by atoms with Gasteiger partial charge in [-0.2, -0.15) is 5.10 Å². The molecule has 0 saturated heterocycles. The molecule has 0 radical (unpaired) electrons. The van der Waals surface area contributed by atoms with Gasteiger partial charge < -0.3 is 15.4 Å². The molecule has 8 nitrogen and oxygen atoms in total. The molecule has 0 aliphatic carbocycles. The molecule has 0 aliphatic rings. The topological polar surface area (TPSA) is 94.0 Å². The number of thioether (sulfide) groups is 1. The number of nitrogens with zero attached hydrogens (tertiary/aromatic N) is 4. The molecule has 3 rings (SSSR count). The zero-order chi connectivity index (χ0) is 22.1. The van der Waals surface area contributed by atoms with Crippen LogP contribution in [0.1, 0.15) is 36.2 Å². The second-order valence-corrected chi connectivity index (χ2v) is 8.12. The molecule has 0 fully saturated rings. The van der Waals surface area contributed by atoms with E-state index in [0.29, 0.717) is 38.4 Å². The number of aryl methyl sites for hydroxylation is 1. The van der Waals surface area contributed by atoms with Crippen LogP contribution in [0.5, 0.6) is 0 Å². The fraction of sp³-hybridized carbons (Fsp3) is 0.455. The molecule has 0 aliphatic heterocycles. The lowest BCUT2D eigenvalue weighted by molar-refractivity contribution is 0.0952. The molecule has 31 heavy (non-hydrogen) atoms. The second kappa shape index (κ2) is 11.7. The van der Waals surface area contributed by atoms with E-state index in [4.69, 9.17) is 9.72 Å². The Morgan fingerprint density at radius 3 is 2.71 bits per heavy atom. The van der Waals surface area contributed by atoms with Crippen LogP contribution in [0.25, 0.3) is 11.0 Å². The van der Waals surface area contributed by atoms with Gasteiger partial charge in [0.15, 0.2) is 10.8 Å². The Bertz CT molecular complexity index is 990. The van der Waals surface area contributed by atoms with Gasteiger partial charge >= 0.3 is 0 Å². The van der Waals surface area contributed by atoms with E-state index in [2.05, 4.69) is 27.6 Å². The molecule has 0 unspecified atom stereocenters. The lowest BCUT2D eigenvalue weighted by Crippen LogP contribution is -2.27. The SMILES string of the molecule is CCCSc1nc(NCCOCC)c2cnn(CCNC(=O)c3ccc(C)cc3)c2n1. The van der Waals surface area contributed by atoms with Gasteiger partial charge in [-0.15, -0.1) is 0 Å². The van der Waals surface area contributed by atoms with E-state index in [-0.39, 0.29) is 5.91 Å². The Balaban J connectivity index is 1.70. The van der Waals surface area contributed by atoms with E-state index in [1.807, 2.05) is 42.8 Å². The number of ether oxygens (including phenoxy) is 1. The van der Waals surface area contributed by atoms with E-state index in [9.17, 15) is 4.79 Å². The van der Waals surface area contributed by atoms with Gasteiger partial charge in [-0.25, -0.2) is 14.6 Å². The first-order valence-electron chi connectivity index (χ1n) is 10.6. The van der Waals surface area contributed by atoms with E-state index in [1.54, 1.807) is 18.0 Å². The van der Waals surface area contributed by atoms with Crippen molar-refractivity contribution >= 4 is 34.5 Å². The normalized spacial score (nSPS) is 11.1. The summed E-state index contributed by atoms with van der Waals surface area (Å²) in [7, 11) is 0. The van der Waals surface area contributed by atoms with Crippen LogP contribution >= 0.6 is 11.8 Å². The summed E-state index contributed by atoms with van der Waals surface area (Å²) in [5, 5.41) is 12.4. The largest absolute Gasteiger partial charge is 0.380 e. The Morgan fingerprint density at radius 2 is 1.97 bits per heavy atom. The molecule has 0 bridgehead atoms. The van der Waals surface area contributed by atoms with E-state index in [1.165, 1.54) is 0 Å². The van der Waals surface area contributed by atoms with Gasteiger partial charge in [-0.05, 0) is 32.4 Å². The Labute approximate surface area is 187 Å². The lowest BCUT2D eigenvalue weighted by atomic mass is 10.1. The molecule has 0 atom stereocenters. The van der Waals surface area contributed by atoms with Crippen molar-refractivity contribution in [2.45, 2.75) is 38.9 Å². The van der Waals surface area contributed by atoms with Gasteiger partial charge in [0.2, 0.25) is 0 Å². The fourth-order valence-electron chi connectivity index (χ4n) is 2.96. The second-order valence-electron chi connectivity index (χ2n) is 7.05. The summed E-state index contributed by atoms with van der Waals surface area (Å²) in [4.78, 5) is 21.7. The quantitative estimate of drug-likeness (QED) is 0.252. The van der Waals surface area contributed by atoms with Crippen molar-refractivity contribution in [1.29, 1.82) is 0 Å². The average Bonchev–Trinajstić information content (AvgIpc) is 3.18. The molecule has 3 aromatic rings. The lowest BCUT2D eigenvalue weighted by Gasteiger charge is -2.10. The van der Waals surface area contributed by atoms with Crippen molar-refractivity contribution < 1.29 is 9.53 Å². The highest BCUT2D eigenvalue weighted by Gasteiger charge is 2.14. The predicted octanol–water partition coefficient (Wildman–Crippen LogP) is 3.52. The van der Waals surface area contributed by atoms with E-state index >= 15 is 0 Å². The summed E-state index contributed by atoms with van der Waals surface area (Å²) in [5.74, 6) is 1.62. The fourth-order valence-corrected chi connectivity index (χ4v) is 3.65. The zero-order valence-electron chi connectivity index (χ0n) is 18.4. The zero-order valence-corrected chi connectivity index (χ0v) is 19.2. The number of fused-ring (bicyclic) bond motifs is 1. The van der Waals surface area contributed by atoms with Gasteiger partial charge in [-0.3, -0.25) is 4.79 Å². The molecule has 2 aromatic heterocycles. The molecule has 0 saturated carbocycles. The van der Waals surface area contributed by atoms with Gasteiger partial charge in [-0.1, -0.05) is 36.4 Å². The monoisotopic (exact) mass is 442 g/mol. The van der Waals surface area contributed by atoms with Crippen LogP contribution in [0, 0.1) is 6.92 Å². The Hall–Kier alpha value is -2.65. The highest BCUT2D eigenvalue weighted by atomic mass is 32.2. The number of carbonyl (C=O) groups is 1. The minimum atomic E-state index is -0.0939. The molecule has 1 aromatic carbocycles. The summed E-state index contributed by atoms with van der Waals surface area (Å²) in [6.07, 6.45) is 2.82. The van der Waals surface area contributed by atoms with Crippen LogP contribution in [-0.4, -0.2) is 57.7 Å². The van der Waals surface area contributed by atoms with Crippen LogP contribution in [0.15, 0.2) is 35.6 Å². The molecule has 2 N–H and O–H groups in total. The van der Waals surface area contributed by atoms with Gasteiger partial charge in [0.25, 0.3) is 5.91 Å². The van der Waals surface area contributed by atoms with Gasteiger partial charge in [0, 0.05) is 31.0 Å². The van der Waals surface area contributed by atoms with Crippen LogP contribution in [0.2, 0.25) is 0 Å². The standard InChI is InChI=1S/C22H30N6O2S/c1-4-14-31-22-26-19(23-11-13-30-5-2)18-15-25-28(20(18)27-22)12-10-24-21(29)17-8-6-16(3)7-9-17/h6-9,15H,4-5,10-14H2,1-3H3,(H,24,29)(H,23,26,27). The van der Waals surface area contributed by atoms with Crippen molar-refractivity contribution in [2.24, 2.45) is 0 Å². The first-order valence-corrected chi connectivity index (χ1v) is 11.6. The number of anilines is 1. The first-order chi connectivity index (χ1) is 15.1. The van der Waals surface area contributed by atoms with Gasteiger partial charge in [0.05, 0.1) is 24.7 Å². The smallest absolute Gasteiger partial charge is 0.251 e. The van der Waals surface area contributed by atoms with Crippen molar-refractivity contribution in [3.05, 3.63) is 41.6 Å². The Morgan fingerprint density at radius 1 is 1.16 bits per heavy atom. The summed E-state index contributed by atoms with van der Waals surface area (Å²) in [5.41, 5.74) is 2.54. The highest BCUT2D eigenvalue weighted by molar-refractivity contribution is 7.99. The van der Waals surface area contributed by atoms with Crippen molar-refractivity contribution in [2.75, 3.05) is 37.4 Å². The summed E-state index contributed by atoms with van der Waals surface area (Å²) in [6, 6.07) is 7.53. The van der Waals surface area contributed by atoms with Crippen LogP contribution < -0.4 is 10.6 Å². The summed E-state index contributed by atoms with van der Waals surface area (Å²) < 4.78 is 7.23. The Kier molecular flexibility index (Phi) is 8.66. The number of nitrogens with one attached hydrogen (secondary N) is 2. The van der Waals surface area contributed by atoms with E-state index < -0.39 is 0 Å². The third kappa shape index (κ3) is 6.41. The number of hydrogen-bond donors (Lipinski definition) is 2. The first kappa shape index (κ1) is 23.0. The van der Waals surface area contributed by atoms with Crippen LogP contribution in [0.4, 0.5) is 5.82 Å². The van der Waals surface area contributed by atoms with Crippen molar-refractivity contribution in [1.82, 2.24) is 25.1 Å². The third-order valence-corrected chi connectivity index (χ3v) is 5.63. The predicted molar refractivity (Wildman–Crippen MR) is 125 cm³/mol. The average molecular weight is 443 g/mol. The number of aromatic nitrogens is 4. The summed E-state index contributed by atoms with van der Waals surface area (Å²) >= 11 is 1.63. The number of benzene rings is 1. The molecule has 166 valence electrons. The van der Waals surface area contributed by atoms with Gasteiger partial charge in [0.1, 0.15) is 5.82 Å². The maximum absolute atomic E-state index is 12.4. The van der Waals surface area contributed by atoms with Crippen molar-refractivity contribution in [3.63, 3.8) is 0 Å². The minimum absolute atomic E-state index is 0.0939. The minimum Gasteiger partial charge on any atom is -0.380 e. The van der Waals surface area contributed by atoms with Crippen LogP contribution in [-0.2, 0) is 11.3 Å².